The molecule has 0 radical (unpaired) electrons. The molecule has 0 aliphatic carbocycles. The van der Waals surface area contributed by atoms with Crippen LogP contribution in [0.3, 0.4) is 0 Å². The zero-order valence-electron chi connectivity index (χ0n) is 20.7. The molecule has 0 spiro atoms. The summed E-state index contributed by atoms with van der Waals surface area (Å²) in [6.07, 6.45) is 6.65. The van der Waals surface area contributed by atoms with Crippen LogP contribution in [0.5, 0.6) is 0 Å². The van der Waals surface area contributed by atoms with Crippen LogP contribution in [0, 0.1) is 11.6 Å². The maximum absolute atomic E-state index is 14.1. The second-order valence-corrected chi connectivity index (χ2v) is 8.90. The van der Waals surface area contributed by atoms with Gasteiger partial charge in [-0.15, -0.1) is 0 Å². The Morgan fingerprint density at radius 3 is 1.80 bits per heavy atom. The second-order valence-electron chi connectivity index (χ2n) is 8.51. The van der Waals surface area contributed by atoms with Crippen LogP contribution in [0.15, 0.2) is 110 Å². The molecule has 0 saturated carbocycles. The predicted molar refractivity (Wildman–Crippen MR) is 149 cm³/mol. The van der Waals surface area contributed by atoms with Crippen molar-refractivity contribution >= 4 is 34.4 Å². The van der Waals surface area contributed by atoms with Gasteiger partial charge in [0.15, 0.2) is 11.3 Å². The highest BCUT2D eigenvalue weighted by Crippen LogP contribution is 2.26. The minimum absolute atomic E-state index is 0.307. The summed E-state index contributed by atoms with van der Waals surface area (Å²) in [6, 6.07) is 23.6. The summed E-state index contributed by atoms with van der Waals surface area (Å²) in [5.74, 6) is 0.0723. The first-order chi connectivity index (χ1) is 19.6. The molecule has 40 heavy (non-hydrogen) atoms. The highest BCUT2D eigenvalue weighted by Gasteiger charge is 2.12. The van der Waals surface area contributed by atoms with Gasteiger partial charge in [-0.05, 0) is 36.4 Å². The number of fused-ring (bicyclic) bond motifs is 2. The molecule has 0 bridgehead atoms. The van der Waals surface area contributed by atoms with Crippen LogP contribution < -0.4 is 5.32 Å². The number of rotatable bonds is 4. The number of halogens is 3. The lowest BCUT2D eigenvalue weighted by Gasteiger charge is -2.11. The number of nitrogens with one attached hydrogen (secondary N) is 1. The first kappa shape index (κ1) is 25.1. The molecule has 0 fully saturated rings. The van der Waals surface area contributed by atoms with Gasteiger partial charge in [0, 0.05) is 53.5 Å². The fourth-order valence-corrected chi connectivity index (χ4v) is 4.31. The zero-order valence-corrected chi connectivity index (χ0v) is 21.4. The topological polar surface area (TPSA) is 85.3 Å². The summed E-state index contributed by atoms with van der Waals surface area (Å²) in [6.45, 7) is 0. The fraction of sp³-hybridized carbons (Fsp3) is 0. The summed E-state index contributed by atoms with van der Waals surface area (Å²) in [7, 11) is 0. The first-order valence-electron chi connectivity index (χ1n) is 12.1. The predicted octanol–water partition coefficient (Wildman–Crippen LogP) is 6.86. The van der Waals surface area contributed by atoms with Crippen LogP contribution in [0.2, 0.25) is 5.15 Å². The second kappa shape index (κ2) is 10.9. The van der Waals surface area contributed by atoms with Crippen LogP contribution >= 0.6 is 11.6 Å². The van der Waals surface area contributed by atoms with E-state index in [1.807, 2.05) is 12.1 Å². The van der Waals surface area contributed by atoms with Crippen LogP contribution in [0.25, 0.3) is 33.8 Å². The van der Waals surface area contributed by atoms with E-state index in [9.17, 15) is 8.78 Å². The van der Waals surface area contributed by atoms with Gasteiger partial charge in [-0.2, -0.15) is 14.7 Å². The van der Waals surface area contributed by atoms with E-state index >= 15 is 0 Å². The van der Waals surface area contributed by atoms with Gasteiger partial charge in [0.25, 0.3) is 0 Å². The molecule has 8 nitrogen and oxygen atoms in total. The number of pyridine rings is 1. The normalized spacial score (nSPS) is 10.9. The first-order valence-corrected chi connectivity index (χ1v) is 12.5. The average molecular weight is 553 g/mol. The molecule has 0 unspecified atom stereocenters. The van der Waals surface area contributed by atoms with Crippen molar-refractivity contribution in [3.8, 4) is 22.5 Å². The van der Waals surface area contributed by atoms with Crippen molar-refractivity contribution in [2.45, 2.75) is 0 Å². The Morgan fingerprint density at radius 1 is 0.625 bits per heavy atom. The zero-order chi connectivity index (χ0) is 27.5. The summed E-state index contributed by atoms with van der Waals surface area (Å²) in [5.41, 5.74) is 4.03. The summed E-state index contributed by atoms with van der Waals surface area (Å²) in [5, 5.41) is 11.9. The largest absolute Gasteiger partial charge is 0.340 e. The standard InChI is InChI=1S/C17H12FN5.C12H7ClFN3/c18-14-4-2-1-3-13(14)15-11-17(21-12-5-8-19-9-6-12)23-16(22-15)7-10-20-23;13-11-7-10(8-3-1-2-4-9(8)14)16-12-5-6-15-17(11)12/h1-11H,(H,19,21);1-7H. The third kappa shape index (κ3) is 5.07. The van der Waals surface area contributed by atoms with E-state index in [4.69, 9.17) is 11.6 Å². The smallest absolute Gasteiger partial charge is 0.157 e. The van der Waals surface area contributed by atoms with Crippen LogP contribution in [-0.4, -0.2) is 34.2 Å². The van der Waals surface area contributed by atoms with Gasteiger partial charge < -0.3 is 5.32 Å². The van der Waals surface area contributed by atoms with E-state index in [2.05, 4.69) is 30.5 Å². The van der Waals surface area contributed by atoms with E-state index in [1.54, 1.807) is 90.0 Å². The Kier molecular flexibility index (Phi) is 6.82. The number of hydrogen-bond donors (Lipinski definition) is 1. The van der Waals surface area contributed by atoms with E-state index in [1.165, 1.54) is 16.6 Å². The van der Waals surface area contributed by atoms with Gasteiger partial charge in [-0.25, -0.2) is 23.3 Å². The Bertz CT molecular complexity index is 1940. The molecule has 2 aromatic carbocycles. The SMILES string of the molecule is Fc1ccccc1-c1cc(Cl)n2nccc2n1.Fc1ccccc1-c1cc(Nc2ccncc2)n2nccc2n1. The summed E-state index contributed by atoms with van der Waals surface area (Å²) < 4.78 is 30.9. The highest BCUT2D eigenvalue weighted by molar-refractivity contribution is 6.30. The van der Waals surface area contributed by atoms with Gasteiger partial charge in [0.2, 0.25) is 0 Å². The van der Waals surface area contributed by atoms with Crippen LogP contribution in [0.4, 0.5) is 20.3 Å². The van der Waals surface area contributed by atoms with E-state index < -0.39 is 0 Å². The molecule has 196 valence electrons. The minimum atomic E-state index is -0.320. The molecule has 11 heteroatoms. The van der Waals surface area contributed by atoms with Crippen molar-refractivity contribution in [3.63, 3.8) is 0 Å². The number of aromatic nitrogens is 7. The number of anilines is 2. The molecule has 7 aromatic rings. The van der Waals surface area contributed by atoms with Crippen molar-refractivity contribution in [1.29, 1.82) is 0 Å². The summed E-state index contributed by atoms with van der Waals surface area (Å²) in [4.78, 5) is 12.8. The number of hydrogen-bond acceptors (Lipinski definition) is 6. The lowest BCUT2D eigenvalue weighted by molar-refractivity contribution is 0.630. The van der Waals surface area contributed by atoms with Crippen molar-refractivity contribution < 1.29 is 8.78 Å². The van der Waals surface area contributed by atoms with Crippen LogP contribution in [-0.2, 0) is 0 Å². The molecule has 5 aromatic heterocycles. The molecule has 1 N–H and O–H groups in total. The van der Waals surface area contributed by atoms with Crippen LogP contribution in [0.1, 0.15) is 0 Å². The number of nitrogens with zero attached hydrogens (tertiary/aromatic N) is 7. The minimum Gasteiger partial charge on any atom is -0.340 e. The molecule has 0 amide bonds. The molecule has 0 saturated heterocycles. The monoisotopic (exact) mass is 552 g/mol. The maximum atomic E-state index is 14.1. The van der Waals surface area contributed by atoms with Crippen molar-refractivity contribution in [3.05, 3.63) is 127 Å². The molecule has 5 heterocycles. The van der Waals surface area contributed by atoms with Gasteiger partial charge in [0.1, 0.15) is 22.6 Å². The van der Waals surface area contributed by atoms with Crippen molar-refractivity contribution in [1.82, 2.24) is 34.2 Å². The molecule has 0 aliphatic rings. The van der Waals surface area contributed by atoms with Crippen molar-refractivity contribution in [2.24, 2.45) is 0 Å². The molecule has 0 aliphatic heterocycles. The third-order valence-corrected chi connectivity index (χ3v) is 6.20. The highest BCUT2D eigenvalue weighted by atomic mass is 35.5. The molecular formula is C29H19ClF2N8. The maximum Gasteiger partial charge on any atom is 0.157 e. The molecule has 7 rings (SSSR count). The lowest BCUT2D eigenvalue weighted by Crippen LogP contribution is -2.02. The lowest BCUT2D eigenvalue weighted by atomic mass is 10.1. The number of benzene rings is 2. The Morgan fingerprint density at radius 2 is 1.18 bits per heavy atom. The quantitative estimate of drug-likeness (QED) is 0.240. The Hall–Kier alpha value is -5.22. The van der Waals surface area contributed by atoms with E-state index in [-0.39, 0.29) is 11.6 Å². The van der Waals surface area contributed by atoms with Gasteiger partial charge in [-0.3, -0.25) is 4.98 Å². The molecular weight excluding hydrogens is 534 g/mol. The average Bonchev–Trinajstić information content (AvgIpc) is 3.65. The third-order valence-electron chi connectivity index (χ3n) is 5.93. The van der Waals surface area contributed by atoms with Gasteiger partial charge in [-0.1, -0.05) is 35.9 Å². The van der Waals surface area contributed by atoms with E-state index in [0.29, 0.717) is 44.8 Å². The van der Waals surface area contributed by atoms with Gasteiger partial charge in [0.05, 0.1) is 23.8 Å². The summed E-state index contributed by atoms with van der Waals surface area (Å²) >= 11 is 6.04. The van der Waals surface area contributed by atoms with E-state index in [0.717, 1.165) is 5.69 Å². The van der Waals surface area contributed by atoms with Crippen molar-refractivity contribution in [2.75, 3.05) is 5.32 Å². The van der Waals surface area contributed by atoms with Gasteiger partial charge >= 0.3 is 0 Å². The fourth-order valence-electron chi connectivity index (χ4n) is 4.07. The molecule has 0 atom stereocenters. The Labute approximate surface area is 231 Å². The Balaban J connectivity index is 0.000000151.